The minimum atomic E-state index is -0.987. The maximum atomic E-state index is 13.9. The average Bonchev–Trinajstić information content (AvgIpc) is 3.54. The van der Waals surface area contributed by atoms with E-state index < -0.39 is 29.9 Å². The van der Waals surface area contributed by atoms with Gasteiger partial charge in [-0.15, -0.1) is 0 Å². The molecule has 0 aromatic heterocycles. The topological polar surface area (TPSA) is 85.4 Å². The second kappa shape index (κ2) is 11.9. The van der Waals surface area contributed by atoms with Crippen molar-refractivity contribution in [3.8, 4) is 11.5 Å². The van der Waals surface area contributed by atoms with Crippen LogP contribution in [0, 0.1) is 5.92 Å². The van der Waals surface area contributed by atoms with E-state index >= 15 is 0 Å². The maximum Gasteiger partial charge on any atom is 0.343 e. The molecule has 2 fully saturated rings. The van der Waals surface area contributed by atoms with Crippen LogP contribution in [0.25, 0.3) is 0 Å². The fourth-order valence-corrected chi connectivity index (χ4v) is 5.31. The van der Waals surface area contributed by atoms with Crippen LogP contribution in [0.4, 0.5) is 11.4 Å². The van der Waals surface area contributed by atoms with Gasteiger partial charge in [0.1, 0.15) is 17.4 Å². The van der Waals surface area contributed by atoms with Gasteiger partial charge in [0.2, 0.25) is 5.91 Å². The highest BCUT2D eigenvalue weighted by atomic mass is 16.7. The Hall–Kier alpha value is -4.95. The molecular formula is C34H30N2O6. The number of anilines is 2. The summed E-state index contributed by atoms with van der Waals surface area (Å²) in [6.07, 6.45) is 0.987. The van der Waals surface area contributed by atoms with Crippen LogP contribution in [0.5, 0.6) is 11.5 Å². The number of para-hydroxylation sites is 1. The molecule has 0 radical (unpaired) electrons. The largest absolute Gasteiger partial charge is 0.494 e. The fourth-order valence-electron chi connectivity index (χ4n) is 5.31. The Morgan fingerprint density at radius 3 is 2.07 bits per heavy atom. The molecule has 2 heterocycles. The molecule has 2 aliphatic rings. The van der Waals surface area contributed by atoms with E-state index in [1.807, 2.05) is 36.4 Å². The SMILES string of the molecule is CCCCOc1ccc(N2C(=O)[C@H]3[C@@H](ON(c4ccccc4)[C@H]3c3ccc(OC(=O)c4ccccc4)cc3)C2=O)cc1. The van der Waals surface area contributed by atoms with Gasteiger partial charge in [-0.1, -0.05) is 61.9 Å². The van der Waals surface area contributed by atoms with Crippen LogP contribution in [0.3, 0.4) is 0 Å². The predicted molar refractivity (Wildman–Crippen MR) is 157 cm³/mol. The fraction of sp³-hybridized carbons (Fsp3) is 0.206. The number of ether oxygens (including phenoxy) is 2. The van der Waals surface area contributed by atoms with Gasteiger partial charge in [-0.25, -0.2) is 14.8 Å². The molecule has 0 spiro atoms. The monoisotopic (exact) mass is 562 g/mol. The number of amides is 2. The Kier molecular flexibility index (Phi) is 7.70. The summed E-state index contributed by atoms with van der Waals surface area (Å²) in [5.74, 6) is -0.951. The highest BCUT2D eigenvalue weighted by Crippen LogP contribution is 2.47. The molecule has 212 valence electrons. The first-order chi connectivity index (χ1) is 20.5. The lowest BCUT2D eigenvalue weighted by Gasteiger charge is -2.28. The summed E-state index contributed by atoms with van der Waals surface area (Å²) >= 11 is 0. The predicted octanol–water partition coefficient (Wildman–Crippen LogP) is 6.14. The quantitative estimate of drug-likeness (QED) is 0.105. The second-order valence-corrected chi connectivity index (χ2v) is 10.2. The van der Waals surface area contributed by atoms with Gasteiger partial charge in [-0.3, -0.25) is 14.4 Å². The molecule has 0 bridgehead atoms. The van der Waals surface area contributed by atoms with Crippen LogP contribution >= 0.6 is 0 Å². The molecule has 4 aromatic carbocycles. The van der Waals surface area contributed by atoms with E-state index in [1.54, 1.807) is 77.9 Å². The number of nitrogens with zero attached hydrogens (tertiary/aromatic N) is 2. The summed E-state index contributed by atoms with van der Waals surface area (Å²) in [6, 6.07) is 31.5. The van der Waals surface area contributed by atoms with E-state index in [9.17, 15) is 14.4 Å². The molecule has 8 heteroatoms. The van der Waals surface area contributed by atoms with Gasteiger partial charge in [0.05, 0.1) is 29.6 Å². The van der Waals surface area contributed by atoms with Crippen molar-refractivity contribution in [2.75, 3.05) is 16.6 Å². The van der Waals surface area contributed by atoms with Crippen molar-refractivity contribution < 1.29 is 28.7 Å². The molecule has 6 rings (SSSR count). The number of fused-ring (bicyclic) bond motifs is 1. The first-order valence-corrected chi connectivity index (χ1v) is 14.0. The Morgan fingerprint density at radius 1 is 0.762 bits per heavy atom. The Labute approximate surface area is 244 Å². The van der Waals surface area contributed by atoms with Crippen LogP contribution < -0.4 is 19.4 Å². The van der Waals surface area contributed by atoms with Gasteiger partial charge in [-0.05, 0) is 72.6 Å². The number of carbonyl (C=O) groups is 3. The number of esters is 1. The molecule has 4 aromatic rings. The van der Waals surface area contributed by atoms with Gasteiger partial charge in [-0.2, -0.15) is 0 Å². The Balaban J connectivity index is 1.27. The molecule has 42 heavy (non-hydrogen) atoms. The van der Waals surface area contributed by atoms with Crippen LogP contribution in [0.15, 0.2) is 109 Å². The third kappa shape index (κ3) is 5.24. The minimum Gasteiger partial charge on any atom is -0.494 e. The van der Waals surface area contributed by atoms with Crippen molar-refractivity contribution in [1.29, 1.82) is 0 Å². The number of rotatable bonds is 9. The zero-order valence-electron chi connectivity index (χ0n) is 23.1. The lowest BCUT2D eigenvalue weighted by atomic mass is 9.90. The van der Waals surface area contributed by atoms with Crippen molar-refractivity contribution in [3.05, 3.63) is 120 Å². The lowest BCUT2D eigenvalue weighted by Crippen LogP contribution is -2.37. The van der Waals surface area contributed by atoms with Gasteiger partial charge in [0.25, 0.3) is 5.91 Å². The molecule has 0 N–H and O–H groups in total. The van der Waals surface area contributed by atoms with Gasteiger partial charge < -0.3 is 9.47 Å². The minimum absolute atomic E-state index is 0.340. The highest BCUT2D eigenvalue weighted by molar-refractivity contribution is 6.24. The smallest absolute Gasteiger partial charge is 0.343 e. The molecular weight excluding hydrogens is 532 g/mol. The molecule has 2 amide bonds. The number of hydrogen-bond donors (Lipinski definition) is 0. The third-order valence-corrected chi connectivity index (χ3v) is 7.43. The van der Waals surface area contributed by atoms with Crippen LogP contribution in [-0.4, -0.2) is 30.5 Å². The van der Waals surface area contributed by atoms with Gasteiger partial charge in [0.15, 0.2) is 6.10 Å². The van der Waals surface area contributed by atoms with Gasteiger partial charge in [0, 0.05) is 0 Å². The van der Waals surface area contributed by atoms with Crippen LogP contribution in [0.2, 0.25) is 0 Å². The first kappa shape index (κ1) is 27.2. The van der Waals surface area contributed by atoms with E-state index in [2.05, 4.69) is 6.92 Å². The summed E-state index contributed by atoms with van der Waals surface area (Å²) < 4.78 is 11.3. The first-order valence-electron chi connectivity index (χ1n) is 14.0. The number of carbonyl (C=O) groups excluding carboxylic acids is 3. The number of imide groups is 1. The zero-order chi connectivity index (χ0) is 29.1. The van der Waals surface area contributed by atoms with Crippen molar-refractivity contribution >= 4 is 29.2 Å². The van der Waals surface area contributed by atoms with Crippen molar-refractivity contribution in [1.82, 2.24) is 0 Å². The normalized spacial score (nSPS) is 19.6. The van der Waals surface area contributed by atoms with Gasteiger partial charge >= 0.3 is 5.97 Å². The summed E-state index contributed by atoms with van der Waals surface area (Å²) in [7, 11) is 0. The third-order valence-electron chi connectivity index (χ3n) is 7.43. The number of hydrogen-bond acceptors (Lipinski definition) is 7. The zero-order valence-corrected chi connectivity index (χ0v) is 23.1. The maximum absolute atomic E-state index is 13.9. The summed E-state index contributed by atoms with van der Waals surface area (Å²) in [6.45, 7) is 2.70. The average molecular weight is 563 g/mol. The Bertz CT molecular complexity index is 1560. The molecule has 3 atom stereocenters. The Morgan fingerprint density at radius 2 is 1.40 bits per heavy atom. The standard InChI is InChI=1S/C34H30N2O6/c1-2-3-22-40-27-20-16-25(17-21-27)35-32(37)29-30(36(42-31(29)33(35)38)26-12-8-5-9-13-26)23-14-18-28(19-15-23)41-34(39)24-10-6-4-7-11-24/h4-21,29-31H,2-3,22H2,1H3/t29-,30+,31-/m1/s1. The van der Waals surface area contributed by atoms with E-state index in [0.717, 1.165) is 24.1 Å². The van der Waals surface area contributed by atoms with Crippen molar-refractivity contribution in [3.63, 3.8) is 0 Å². The summed E-state index contributed by atoms with van der Waals surface area (Å²) in [5.41, 5.74) is 2.38. The molecule has 0 aliphatic carbocycles. The van der Waals surface area contributed by atoms with Crippen LogP contribution in [-0.2, 0) is 14.4 Å². The number of unbranched alkanes of at least 4 members (excludes halogenated alkanes) is 1. The summed E-state index contributed by atoms with van der Waals surface area (Å²) in [5, 5.41) is 1.64. The number of hydroxylamine groups is 1. The van der Waals surface area contributed by atoms with E-state index in [1.165, 1.54) is 4.90 Å². The molecule has 0 saturated carbocycles. The number of benzene rings is 4. The second-order valence-electron chi connectivity index (χ2n) is 10.2. The van der Waals surface area contributed by atoms with E-state index in [-0.39, 0.29) is 5.91 Å². The van der Waals surface area contributed by atoms with Crippen LogP contribution in [0.1, 0.15) is 41.7 Å². The molecule has 2 saturated heterocycles. The molecule has 8 nitrogen and oxygen atoms in total. The van der Waals surface area contributed by atoms with Crippen molar-refractivity contribution in [2.24, 2.45) is 5.92 Å². The lowest BCUT2D eigenvalue weighted by molar-refractivity contribution is -0.126. The highest BCUT2D eigenvalue weighted by Gasteiger charge is 2.60. The van der Waals surface area contributed by atoms with E-state index in [4.69, 9.17) is 14.3 Å². The van der Waals surface area contributed by atoms with Crippen molar-refractivity contribution in [2.45, 2.75) is 31.9 Å². The molecule has 2 aliphatic heterocycles. The van der Waals surface area contributed by atoms with E-state index in [0.29, 0.717) is 29.4 Å². The molecule has 0 unspecified atom stereocenters. The summed E-state index contributed by atoms with van der Waals surface area (Å²) in [4.78, 5) is 47.5.